The van der Waals surface area contributed by atoms with E-state index in [4.69, 9.17) is 37.0 Å². The third-order valence-electron chi connectivity index (χ3n) is 20.7. The summed E-state index contributed by atoms with van der Waals surface area (Å²) in [4.78, 5) is 73.2. The van der Waals surface area contributed by atoms with Gasteiger partial charge in [-0.05, 0) is 43.4 Å². The smallest absolute Gasteiger partial charge is 0.462 e. The molecule has 0 spiro atoms. The highest BCUT2D eigenvalue weighted by Crippen LogP contribution is 2.45. The van der Waals surface area contributed by atoms with Gasteiger partial charge in [-0.15, -0.1) is 0 Å². The Hall–Kier alpha value is -1.94. The van der Waals surface area contributed by atoms with E-state index >= 15 is 0 Å². The number of carbonyl (C=O) groups excluding carboxylic acids is 4. The minimum atomic E-state index is -4.97. The lowest BCUT2D eigenvalue weighted by atomic mass is 9.99. The molecule has 0 saturated carbocycles. The number of phosphoric acid groups is 2. The number of hydrogen-bond donors (Lipinski definition) is 3. The van der Waals surface area contributed by atoms with Crippen LogP contribution < -0.4 is 0 Å². The summed E-state index contributed by atoms with van der Waals surface area (Å²) >= 11 is 0. The number of hydrogen-bond acceptors (Lipinski definition) is 15. The molecule has 0 saturated heterocycles. The molecule has 3 N–H and O–H groups in total. The fourth-order valence-corrected chi connectivity index (χ4v) is 15.1. The van der Waals surface area contributed by atoms with Gasteiger partial charge in [0.2, 0.25) is 0 Å². The highest BCUT2D eigenvalue weighted by atomic mass is 31.2. The molecule has 0 amide bonds. The van der Waals surface area contributed by atoms with E-state index in [1.807, 2.05) is 0 Å². The van der Waals surface area contributed by atoms with Crippen LogP contribution in [0.5, 0.6) is 0 Å². The summed E-state index contributed by atoms with van der Waals surface area (Å²) in [5, 5.41) is 10.7. The second-order valence-electron chi connectivity index (χ2n) is 32.5. The van der Waals surface area contributed by atoms with Crippen molar-refractivity contribution in [3.05, 3.63) is 0 Å². The summed E-state index contributed by atoms with van der Waals surface area (Å²) in [6.45, 7) is 12.1. The second kappa shape index (κ2) is 77.0. The van der Waals surface area contributed by atoms with Gasteiger partial charge in [-0.3, -0.25) is 37.3 Å². The van der Waals surface area contributed by atoms with Crippen LogP contribution in [0.4, 0.5) is 0 Å². The lowest BCUT2D eigenvalue weighted by molar-refractivity contribution is -0.161. The molecule has 0 bridgehead atoms. The first kappa shape index (κ1) is 104. The molecule has 630 valence electrons. The third kappa shape index (κ3) is 78.7. The third-order valence-corrected chi connectivity index (χ3v) is 22.6. The topological polar surface area (TPSA) is 237 Å². The molecule has 0 aliphatic heterocycles. The van der Waals surface area contributed by atoms with E-state index in [9.17, 15) is 43.2 Å². The standard InChI is InChI=1S/C87H170O17P2/c1-8-10-11-12-13-14-31-40-47-54-61-68-84(89)97-75-83(104-87(92)71-64-57-50-43-36-38-45-52-59-66-79(5)6)77-102-106(95,96)100-73-81(88)72-99-105(93,94)101-76-82(74-98-85(90)69-62-55-48-41-34-29-25-21-17-15-19-23-27-32-37-44-51-58-65-78(3)4)103-86(91)70-63-56-49-42-35-30-26-22-18-16-20-24-28-33-39-46-53-60-67-80(7)9-2/h78-83,88H,8-77H2,1-7H3,(H,93,94)(H,95,96)/t80?,81-,82-,83-/m1/s1. The number of rotatable bonds is 85. The van der Waals surface area contributed by atoms with E-state index in [0.717, 1.165) is 108 Å². The molecule has 0 aromatic rings. The quantitative estimate of drug-likeness (QED) is 0.0222. The molecule has 0 aliphatic rings. The van der Waals surface area contributed by atoms with Crippen LogP contribution in [-0.4, -0.2) is 96.7 Å². The first-order valence-corrected chi connectivity index (χ1v) is 47.9. The van der Waals surface area contributed by atoms with E-state index in [0.29, 0.717) is 25.7 Å². The molecule has 0 aromatic carbocycles. The summed E-state index contributed by atoms with van der Waals surface area (Å²) in [5.41, 5.74) is 0. The van der Waals surface area contributed by atoms with Crippen LogP contribution in [-0.2, 0) is 65.4 Å². The van der Waals surface area contributed by atoms with Crippen LogP contribution >= 0.6 is 15.6 Å². The Kier molecular flexibility index (Phi) is 75.6. The molecular weight excluding hydrogens is 1380 g/mol. The highest BCUT2D eigenvalue weighted by Gasteiger charge is 2.31. The van der Waals surface area contributed by atoms with Crippen LogP contribution in [0.25, 0.3) is 0 Å². The average molecular weight is 1550 g/mol. The van der Waals surface area contributed by atoms with Crippen molar-refractivity contribution < 1.29 is 80.2 Å². The lowest BCUT2D eigenvalue weighted by Gasteiger charge is -2.21. The van der Waals surface area contributed by atoms with Crippen molar-refractivity contribution in [2.75, 3.05) is 39.6 Å². The van der Waals surface area contributed by atoms with Gasteiger partial charge in [-0.1, -0.05) is 408 Å². The van der Waals surface area contributed by atoms with Gasteiger partial charge in [0, 0.05) is 25.7 Å². The van der Waals surface area contributed by atoms with Crippen molar-refractivity contribution >= 4 is 39.5 Å². The maximum atomic E-state index is 13.2. The number of carbonyl (C=O) groups is 4. The summed E-state index contributed by atoms with van der Waals surface area (Å²) in [6.07, 6.45) is 68.1. The molecule has 106 heavy (non-hydrogen) atoms. The van der Waals surface area contributed by atoms with Crippen LogP contribution in [0.3, 0.4) is 0 Å². The molecule has 0 heterocycles. The van der Waals surface area contributed by atoms with E-state index in [1.54, 1.807) is 0 Å². The Bertz CT molecular complexity index is 2050. The zero-order valence-corrected chi connectivity index (χ0v) is 71.7. The summed E-state index contributed by atoms with van der Waals surface area (Å²) in [7, 11) is -9.93. The minimum absolute atomic E-state index is 0.106. The van der Waals surface area contributed by atoms with Crippen molar-refractivity contribution in [1.82, 2.24) is 0 Å². The number of unbranched alkanes of at least 4 members (excludes halogenated alkanes) is 52. The van der Waals surface area contributed by atoms with Gasteiger partial charge in [0.05, 0.1) is 26.4 Å². The zero-order chi connectivity index (χ0) is 77.9. The van der Waals surface area contributed by atoms with Crippen molar-refractivity contribution in [2.24, 2.45) is 17.8 Å². The molecule has 0 aliphatic carbocycles. The molecule has 0 rings (SSSR count). The van der Waals surface area contributed by atoms with Crippen molar-refractivity contribution in [2.45, 2.75) is 478 Å². The molecule has 17 nitrogen and oxygen atoms in total. The zero-order valence-electron chi connectivity index (χ0n) is 69.9. The van der Waals surface area contributed by atoms with Crippen LogP contribution in [0.1, 0.15) is 459 Å². The number of ether oxygens (including phenoxy) is 4. The predicted octanol–water partition coefficient (Wildman–Crippen LogP) is 26.5. The Morgan fingerprint density at radius 3 is 0.717 bits per heavy atom. The van der Waals surface area contributed by atoms with Gasteiger partial charge in [-0.2, -0.15) is 0 Å². The number of phosphoric ester groups is 2. The van der Waals surface area contributed by atoms with Crippen LogP contribution in [0.15, 0.2) is 0 Å². The molecule has 0 fully saturated rings. The molecule has 0 aromatic heterocycles. The van der Waals surface area contributed by atoms with Crippen LogP contribution in [0.2, 0.25) is 0 Å². The summed E-state index contributed by atoms with van der Waals surface area (Å²) in [5.74, 6) is 0.326. The van der Waals surface area contributed by atoms with Gasteiger partial charge in [0.15, 0.2) is 12.2 Å². The molecule has 6 atom stereocenters. The van der Waals surface area contributed by atoms with E-state index < -0.39 is 97.5 Å². The molecule has 19 heteroatoms. The minimum Gasteiger partial charge on any atom is -0.462 e. The maximum absolute atomic E-state index is 13.2. The molecule has 3 unspecified atom stereocenters. The van der Waals surface area contributed by atoms with Gasteiger partial charge in [0.25, 0.3) is 0 Å². The van der Waals surface area contributed by atoms with Gasteiger partial charge in [-0.25, -0.2) is 9.13 Å². The Morgan fingerprint density at radius 1 is 0.274 bits per heavy atom. The normalized spacial score (nSPS) is 14.1. The largest absolute Gasteiger partial charge is 0.472 e. The maximum Gasteiger partial charge on any atom is 0.472 e. The highest BCUT2D eigenvalue weighted by molar-refractivity contribution is 7.47. The molecule has 0 radical (unpaired) electrons. The molecular formula is C87H170O17P2. The average Bonchev–Trinajstić information content (AvgIpc) is 0.956. The Morgan fingerprint density at radius 2 is 0.481 bits per heavy atom. The summed E-state index contributed by atoms with van der Waals surface area (Å²) in [6, 6.07) is 0. The predicted molar refractivity (Wildman–Crippen MR) is 437 cm³/mol. The van der Waals surface area contributed by atoms with Crippen molar-refractivity contribution in [1.29, 1.82) is 0 Å². The van der Waals surface area contributed by atoms with Crippen LogP contribution in [0, 0.1) is 17.8 Å². The van der Waals surface area contributed by atoms with Gasteiger partial charge >= 0.3 is 39.5 Å². The van der Waals surface area contributed by atoms with Crippen molar-refractivity contribution in [3.63, 3.8) is 0 Å². The van der Waals surface area contributed by atoms with Gasteiger partial charge in [0.1, 0.15) is 19.3 Å². The van der Waals surface area contributed by atoms with E-state index in [1.165, 1.54) is 270 Å². The number of aliphatic hydroxyl groups excluding tert-OH is 1. The monoisotopic (exact) mass is 1550 g/mol. The first-order valence-electron chi connectivity index (χ1n) is 44.9. The Labute approximate surface area is 651 Å². The van der Waals surface area contributed by atoms with E-state index in [-0.39, 0.29) is 25.7 Å². The fourth-order valence-electron chi connectivity index (χ4n) is 13.5. The number of aliphatic hydroxyl groups is 1. The van der Waals surface area contributed by atoms with Gasteiger partial charge < -0.3 is 33.8 Å². The fraction of sp³-hybridized carbons (Fsp3) is 0.954. The van der Waals surface area contributed by atoms with E-state index in [2.05, 4.69) is 48.5 Å². The Balaban J connectivity index is 5.21. The van der Waals surface area contributed by atoms with Crippen molar-refractivity contribution in [3.8, 4) is 0 Å². The summed E-state index contributed by atoms with van der Waals surface area (Å²) < 4.78 is 68.9. The number of esters is 4. The lowest BCUT2D eigenvalue weighted by Crippen LogP contribution is -2.30. The first-order chi connectivity index (χ1) is 51.3. The SMILES string of the molecule is CCCCCCCCCCCCCC(=O)OC[C@H](COP(=O)(O)OC[C@H](O)COP(=O)(O)OC[C@@H](COC(=O)CCCCCCCCCCCCCCCCCCCCC(C)C)OC(=O)CCCCCCCCCCCCCCCCCCCCC(C)CC)OC(=O)CCCCCCCCCCCC(C)C. The second-order valence-corrected chi connectivity index (χ2v) is 35.4.